The maximum atomic E-state index is 12.9. The van der Waals surface area contributed by atoms with Crippen molar-refractivity contribution >= 4 is 33.0 Å². The number of carbonyl (C=O) groups excluding carboxylic acids is 1. The molecule has 0 radical (unpaired) electrons. The van der Waals surface area contributed by atoms with Crippen LogP contribution in [0.3, 0.4) is 0 Å². The highest BCUT2D eigenvalue weighted by molar-refractivity contribution is 7.93. The fourth-order valence-electron chi connectivity index (χ4n) is 2.23. The van der Waals surface area contributed by atoms with Crippen LogP contribution in [0.4, 0.5) is 5.69 Å². The number of rotatable bonds is 4. The Morgan fingerprint density at radius 1 is 1.04 bits per heavy atom. The lowest BCUT2D eigenvalue weighted by molar-refractivity contribution is -0.117. The van der Waals surface area contributed by atoms with Crippen molar-refractivity contribution in [3.05, 3.63) is 53.3 Å². The number of amides is 1. The van der Waals surface area contributed by atoms with Crippen LogP contribution in [-0.2, 0) is 20.0 Å². The molecule has 2 aromatic rings. The number of sulfone groups is 1. The summed E-state index contributed by atoms with van der Waals surface area (Å²) in [6, 6.07) is 9.16. The van der Waals surface area contributed by atoms with Gasteiger partial charge in [-0.2, -0.15) is 0 Å². The van der Waals surface area contributed by atoms with Crippen LogP contribution in [0, 0.1) is 0 Å². The molecule has 0 unspecified atom stereocenters. The van der Waals surface area contributed by atoms with Crippen LogP contribution in [0.1, 0.15) is 40.3 Å². The van der Waals surface area contributed by atoms with Crippen molar-refractivity contribution in [3.8, 4) is 0 Å². The number of nitrogens with one attached hydrogen (secondary N) is 1. The van der Waals surface area contributed by atoms with Gasteiger partial charge in [-0.3, -0.25) is 9.78 Å². The van der Waals surface area contributed by atoms with Gasteiger partial charge in [-0.25, -0.2) is 8.42 Å². The first-order valence-corrected chi connectivity index (χ1v) is 10.00. The first-order chi connectivity index (χ1) is 11.9. The fraction of sp³-hybridized carbons (Fsp3) is 0.368. The van der Waals surface area contributed by atoms with E-state index >= 15 is 0 Å². The fourth-order valence-corrected chi connectivity index (χ4v) is 3.74. The third-order valence-corrected chi connectivity index (χ3v) is 6.80. The Labute approximate surface area is 159 Å². The summed E-state index contributed by atoms with van der Waals surface area (Å²) in [4.78, 5) is 17.1. The Hall–Kier alpha value is -1.92. The van der Waals surface area contributed by atoms with E-state index in [0.717, 1.165) is 5.69 Å². The zero-order valence-electron chi connectivity index (χ0n) is 15.5. The van der Waals surface area contributed by atoms with Crippen LogP contribution < -0.4 is 5.32 Å². The lowest BCUT2D eigenvalue weighted by Gasteiger charge is -2.24. The number of aromatic nitrogens is 1. The van der Waals surface area contributed by atoms with Crippen molar-refractivity contribution in [1.29, 1.82) is 0 Å². The third kappa shape index (κ3) is 4.07. The molecule has 1 amide bonds. The Morgan fingerprint density at radius 2 is 1.62 bits per heavy atom. The zero-order chi connectivity index (χ0) is 19.8. The minimum atomic E-state index is -3.90. The van der Waals surface area contributed by atoms with Crippen molar-refractivity contribution in [2.75, 3.05) is 5.32 Å². The van der Waals surface area contributed by atoms with Gasteiger partial charge in [0.1, 0.15) is 4.75 Å². The second kappa shape index (κ2) is 7.00. The summed E-state index contributed by atoms with van der Waals surface area (Å²) in [5.41, 5.74) is 1.12. The predicted octanol–water partition coefficient (Wildman–Crippen LogP) is 4.22. The first-order valence-electron chi connectivity index (χ1n) is 8.14. The van der Waals surface area contributed by atoms with Crippen molar-refractivity contribution in [2.45, 2.75) is 49.7 Å². The largest absolute Gasteiger partial charge is 0.325 e. The average Bonchev–Trinajstić information content (AvgIpc) is 2.54. The SMILES string of the molecule is CC(C)(C)c1cc(NC(=O)C(C)(C)S(=O)(=O)c2ccc(Cl)cc2)ccn1. The molecule has 1 aromatic heterocycles. The minimum Gasteiger partial charge on any atom is -0.325 e. The molecule has 0 aliphatic carbocycles. The Bertz CT molecular complexity index is 915. The number of hydrogen-bond acceptors (Lipinski definition) is 4. The van der Waals surface area contributed by atoms with E-state index in [1.807, 2.05) is 20.8 Å². The molecule has 0 saturated carbocycles. The highest BCUT2D eigenvalue weighted by atomic mass is 35.5. The molecule has 0 atom stereocenters. The molecular formula is C19H23ClN2O3S. The number of benzene rings is 1. The Morgan fingerprint density at radius 3 is 2.15 bits per heavy atom. The molecule has 0 fully saturated rings. The summed E-state index contributed by atoms with van der Waals surface area (Å²) in [6.07, 6.45) is 1.59. The Balaban J connectivity index is 2.32. The quantitative estimate of drug-likeness (QED) is 0.842. The van der Waals surface area contributed by atoms with Crippen molar-refractivity contribution in [1.82, 2.24) is 4.98 Å². The first kappa shape index (κ1) is 20.4. The molecule has 0 bridgehead atoms. The van der Waals surface area contributed by atoms with E-state index in [4.69, 9.17) is 11.6 Å². The van der Waals surface area contributed by atoms with Gasteiger partial charge in [-0.05, 0) is 50.2 Å². The van der Waals surface area contributed by atoms with Crippen LogP contribution in [0.5, 0.6) is 0 Å². The van der Waals surface area contributed by atoms with E-state index < -0.39 is 20.5 Å². The van der Waals surface area contributed by atoms with E-state index in [-0.39, 0.29) is 10.3 Å². The summed E-state index contributed by atoms with van der Waals surface area (Å²) in [5, 5.41) is 3.13. The molecular weight excluding hydrogens is 372 g/mol. The summed E-state index contributed by atoms with van der Waals surface area (Å²) in [6.45, 7) is 8.80. The normalized spacial score (nSPS) is 12.7. The van der Waals surface area contributed by atoms with Gasteiger partial charge in [0, 0.05) is 28.0 Å². The van der Waals surface area contributed by atoms with E-state index in [0.29, 0.717) is 10.7 Å². The molecule has 140 valence electrons. The van der Waals surface area contributed by atoms with Gasteiger partial charge in [0.25, 0.3) is 0 Å². The van der Waals surface area contributed by atoms with Crippen molar-refractivity contribution < 1.29 is 13.2 Å². The van der Waals surface area contributed by atoms with Crippen molar-refractivity contribution in [3.63, 3.8) is 0 Å². The van der Waals surface area contributed by atoms with Crippen LogP contribution in [0.15, 0.2) is 47.5 Å². The molecule has 1 aromatic carbocycles. The molecule has 26 heavy (non-hydrogen) atoms. The molecule has 0 aliphatic heterocycles. The summed E-state index contributed by atoms with van der Waals surface area (Å²) >= 11 is 5.82. The molecule has 0 aliphatic rings. The molecule has 7 heteroatoms. The molecule has 1 N–H and O–H groups in total. The van der Waals surface area contributed by atoms with E-state index in [1.165, 1.54) is 38.1 Å². The smallest absolute Gasteiger partial charge is 0.245 e. The van der Waals surface area contributed by atoms with Gasteiger partial charge in [0.2, 0.25) is 5.91 Å². The average molecular weight is 395 g/mol. The number of carbonyl (C=O) groups is 1. The predicted molar refractivity (Wildman–Crippen MR) is 104 cm³/mol. The number of anilines is 1. The standard InChI is InChI=1S/C19H23ClN2O3S/c1-18(2,3)16-12-14(10-11-21-16)22-17(23)19(4,5)26(24,25)15-8-6-13(20)7-9-15/h6-12H,1-5H3,(H,21,22,23). The monoisotopic (exact) mass is 394 g/mol. The van der Waals surface area contributed by atoms with Crippen LogP contribution in [0.25, 0.3) is 0 Å². The minimum absolute atomic E-state index is 0.0483. The number of hydrogen-bond donors (Lipinski definition) is 1. The van der Waals surface area contributed by atoms with Crippen LogP contribution in [0.2, 0.25) is 5.02 Å². The molecule has 0 spiro atoms. The molecule has 1 heterocycles. The summed E-state index contributed by atoms with van der Waals surface area (Å²) in [5.74, 6) is -0.612. The Kier molecular flexibility index (Phi) is 5.49. The number of nitrogens with zero attached hydrogens (tertiary/aromatic N) is 1. The lowest BCUT2D eigenvalue weighted by atomic mass is 9.91. The lowest BCUT2D eigenvalue weighted by Crippen LogP contribution is -2.44. The second-order valence-electron chi connectivity index (χ2n) is 7.60. The van der Waals surface area contributed by atoms with Gasteiger partial charge in [-0.15, -0.1) is 0 Å². The maximum Gasteiger partial charge on any atom is 0.245 e. The van der Waals surface area contributed by atoms with E-state index in [2.05, 4.69) is 10.3 Å². The topological polar surface area (TPSA) is 76.1 Å². The maximum absolute atomic E-state index is 12.9. The van der Waals surface area contributed by atoms with Gasteiger partial charge >= 0.3 is 0 Å². The van der Waals surface area contributed by atoms with Gasteiger partial charge in [-0.1, -0.05) is 32.4 Å². The van der Waals surface area contributed by atoms with Gasteiger partial charge < -0.3 is 5.32 Å². The highest BCUT2D eigenvalue weighted by Gasteiger charge is 2.42. The molecule has 2 rings (SSSR count). The third-order valence-electron chi connectivity index (χ3n) is 4.13. The van der Waals surface area contributed by atoms with Crippen molar-refractivity contribution in [2.24, 2.45) is 0 Å². The van der Waals surface area contributed by atoms with Crippen LogP contribution >= 0.6 is 11.6 Å². The number of halogens is 1. The summed E-state index contributed by atoms with van der Waals surface area (Å²) in [7, 11) is -3.90. The van der Waals surface area contributed by atoms with E-state index in [1.54, 1.807) is 18.3 Å². The summed E-state index contributed by atoms with van der Waals surface area (Å²) < 4.78 is 24.2. The second-order valence-corrected chi connectivity index (χ2v) is 10.5. The van der Waals surface area contributed by atoms with Gasteiger partial charge in [0.05, 0.1) is 4.90 Å². The molecule has 0 saturated heterocycles. The highest BCUT2D eigenvalue weighted by Crippen LogP contribution is 2.28. The van der Waals surface area contributed by atoms with Gasteiger partial charge in [0.15, 0.2) is 9.84 Å². The van der Waals surface area contributed by atoms with Crippen LogP contribution in [-0.4, -0.2) is 24.1 Å². The van der Waals surface area contributed by atoms with E-state index in [9.17, 15) is 13.2 Å². The number of pyridine rings is 1. The molecule has 5 nitrogen and oxygen atoms in total. The zero-order valence-corrected chi connectivity index (χ0v) is 17.1.